The second-order valence-electron chi connectivity index (χ2n) is 5.46. The van der Waals surface area contributed by atoms with Crippen molar-refractivity contribution >= 4 is 34.0 Å². The Bertz CT molecular complexity index is 616. The zero-order valence-corrected chi connectivity index (χ0v) is 14.8. The number of amides is 1. The maximum Gasteiger partial charge on any atom is 0.240 e. The summed E-state index contributed by atoms with van der Waals surface area (Å²) < 4.78 is 26.9. The van der Waals surface area contributed by atoms with Gasteiger partial charge in [-0.2, -0.15) is 0 Å². The summed E-state index contributed by atoms with van der Waals surface area (Å²) in [6, 6.07) is 6.36. The van der Waals surface area contributed by atoms with E-state index in [-0.39, 0.29) is 29.1 Å². The normalized spacial score (nSPS) is 17.5. The number of nitrogens with one attached hydrogen (secondary N) is 3. The molecule has 23 heavy (non-hydrogen) atoms. The van der Waals surface area contributed by atoms with E-state index >= 15 is 0 Å². The van der Waals surface area contributed by atoms with Gasteiger partial charge >= 0.3 is 0 Å². The summed E-state index contributed by atoms with van der Waals surface area (Å²) in [5.41, 5.74) is 0.510. The van der Waals surface area contributed by atoms with Crippen LogP contribution in [0.5, 0.6) is 0 Å². The number of anilines is 1. The molecule has 8 heteroatoms. The zero-order chi connectivity index (χ0) is 16.0. The molecule has 0 saturated carbocycles. The van der Waals surface area contributed by atoms with Gasteiger partial charge in [-0.25, -0.2) is 13.1 Å². The van der Waals surface area contributed by atoms with Crippen molar-refractivity contribution in [2.24, 2.45) is 5.92 Å². The number of halogens is 1. The largest absolute Gasteiger partial charge is 0.326 e. The lowest BCUT2D eigenvalue weighted by atomic mass is 10.1. The van der Waals surface area contributed by atoms with Crippen molar-refractivity contribution in [2.75, 3.05) is 25.0 Å². The van der Waals surface area contributed by atoms with Crippen molar-refractivity contribution in [1.82, 2.24) is 10.0 Å². The van der Waals surface area contributed by atoms with Crippen LogP contribution in [0, 0.1) is 5.92 Å². The molecule has 1 aliphatic rings. The standard InChI is InChI=1S/C15H23N3O3S.ClH/c1-2-3-8-17-22(20,21)14-6-4-5-13(10-14)18-15(19)12-7-9-16-11-12;/h4-6,10,12,16-17H,2-3,7-9,11H2,1H3,(H,18,19);1H. The predicted octanol–water partition coefficient (Wildman–Crippen LogP) is 1.73. The summed E-state index contributed by atoms with van der Waals surface area (Å²) in [5.74, 6) is -0.124. The van der Waals surface area contributed by atoms with Gasteiger partial charge in [0.1, 0.15) is 0 Å². The second-order valence-corrected chi connectivity index (χ2v) is 7.23. The van der Waals surface area contributed by atoms with Crippen LogP contribution in [-0.4, -0.2) is 34.0 Å². The fourth-order valence-corrected chi connectivity index (χ4v) is 3.45. The van der Waals surface area contributed by atoms with Crippen LogP contribution in [0.4, 0.5) is 5.69 Å². The van der Waals surface area contributed by atoms with Gasteiger partial charge in [0.25, 0.3) is 0 Å². The third kappa shape index (κ3) is 5.76. The van der Waals surface area contributed by atoms with E-state index in [9.17, 15) is 13.2 Å². The Hall–Kier alpha value is -1.15. The summed E-state index contributed by atoms with van der Waals surface area (Å²) in [7, 11) is -3.52. The highest BCUT2D eigenvalue weighted by molar-refractivity contribution is 7.89. The van der Waals surface area contributed by atoms with Gasteiger partial charge in [-0.3, -0.25) is 4.79 Å². The Morgan fingerprint density at radius 3 is 2.83 bits per heavy atom. The first kappa shape index (κ1) is 19.9. The number of rotatable bonds is 7. The van der Waals surface area contributed by atoms with Crippen LogP contribution in [0.25, 0.3) is 0 Å². The first-order valence-electron chi connectivity index (χ1n) is 7.64. The van der Waals surface area contributed by atoms with Crippen LogP contribution in [0.2, 0.25) is 0 Å². The Morgan fingerprint density at radius 2 is 2.17 bits per heavy atom. The minimum Gasteiger partial charge on any atom is -0.326 e. The van der Waals surface area contributed by atoms with Crippen LogP contribution in [-0.2, 0) is 14.8 Å². The lowest BCUT2D eigenvalue weighted by molar-refractivity contribution is -0.119. The minimum absolute atomic E-state index is 0. The number of unbranched alkanes of at least 4 members (excludes halogenated alkanes) is 1. The van der Waals surface area contributed by atoms with Gasteiger partial charge in [-0.05, 0) is 37.6 Å². The summed E-state index contributed by atoms with van der Waals surface area (Å²) >= 11 is 0. The van der Waals surface area contributed by atoms with Crippen molar-refractivity contribution < 1.29 is 13.2 Å². The number of carbonyl (C=O) groups excluding carboxylic acids is 1. The van der Waals surface area contributed by atoms with Gasteiger partial charge in [0.2, 0.25) is 15.9 Å². The van der Waals surface area contributed by atoms with E-state index in [1.54, 1.807) is 12.1 Å². The minimum atomic E-state index is -3.52. The Balaban J connectivity index is 0.00000264. The Labute approximate surface area is 143 Å². The number of hydrogen-bond acceptors (Lipinski definition) is 4. The molecule has 0 aliphatic carbocycles. The quantitative estimate of drug-likeness (QED) is 0.645. The maximum atomic E-state index is 12.2. The lowest BCUT2D eigenvalue weighted by Gasteiger charge is -2.11. The lowest BCUT2D eigenvalue weighted by Crippen LogP contribution is -2.26. The molecule has 130 valence electrons. The van der Waals surface area contributed by atoms with Gasteiger partial charge in [0.05, 0.1) is 10.8 Å². The number of hydrogen-bond donors (Lipinski definition) is 3. The van der Waals surface area contributed by atoms with E-state index in [0.717, 1.165) is 25.8 Å². The molecule has 0 radical (unpaired) electrons. The molecule has 0 bridgehead atoms. The fourth-order valence-electron chi connectivity index (χ4n) is 2.33. The molecule has 6 nitrogen and oxygen atoms in total. The molecule has 1 unspecified atom stereocenters. The molecule has 0 aromatic heterocycles. The smallest absolute Gasteiger partial charge is 0.240 e. The van der Waals surface area contributed by atoms with E-state index < -0.39 is 10.0 Å². The highest BCUT2D eigenvalue weighted by Crippen LogP contribution is 2.17. The maximum absolute atomic E-state index is 12.2. The van der Waals surface area contributed by atoms with Crippen LogP contribution in [0.1, 0.15) is 26.2 Å². The first-order chi connectivity index (χ1) is 10.5. The summed E-state index contributed by atoms with van der Waals surface area (Å²) in [5, 5.41) is 5.93. The molecule has 2 rings (SSSR count). The van der Waals surface area contributed by atoms with Crippen LogP contribution in [0.15, 0.2) is 29.2 Å². The van der Waals surface area contributed by atoms with Crippen molar-refractivity contribution in [3.8, 4) is 0 Å². The van der Waals surface area contributed by atoms with Crippen molar-refractivity contribution in [1.29, 1.82) is 0 Å². The van der Waals surface area contributed by atoms with E-state index in [1.807, 2.05) is 6.92 Å². The molecule has 1 atom stereocenters. The predicted molar refractivity (Wildman–Crippen MR) is 93.4 cm³/mol. The van der Waals surface area contributed by atoms with E-state index in [0.29, 0.717) is 18.8 Å². The molecule has 1 amide bonds. The van der Waals surface area contributed by atoms with Gasteiger partial charge in [0, 0.05) is 18.8 Å². The molecule has 1 aromatic rings. The molecule has 1 heterocycles. The average Bonchev–Trinajstić information content (AvgIpc) is 3.02. The Kier molecular flexibility index (Phi) is 7.98. The number of benzene rings is 1. The van der Waals surface area contributed by atoms with Crippen LogP contribution in [0.3, 0.4) is 0 Å². The summed E-state index contributed by atoms with van der Waals surface area (Å²) in [6.45, 7) is 3.93. The fraction of sp³-hybridized carbons (Fsp3) is 0.533. The van der Waals surface area contributed by atoms with E-state index in [2.05, 4.69) is 15.4 Å². The van der Waals surface area contributed by atoms with E-state index in [1.165, 1.54) is 12.1 Å². The zero-order valence-electron chi connectivity index (χ0n) is 13.2. The van der Waals surface area contributed by atoms with Gasteiger partial charge in [-0.15, -0.1) is 12.4 Å². The molecule has 0 spiro atoms. The number of sulfonamides is 1. The molecule has 1 fully saturated rings. The number of carbonyl (C=O) groups is 1. The summed E-state index contributed by atoms with van der Waals surface area (Å²) in [6.07, 6.45) is 2.53. The SMILES string of the molecule is CCCCNS(=O)(=O)c1cccc(NC(=O)C2CCNC2)c1.Cl. The van der Waals surface area contributed by atoms with Crippen LogP contribution < -0.4 is 15.4 Å². The third-order valence-electron chi connectivity index (χ3n) is 3.67. The average molecular weight is 362 g/mol. The molecule has 1 aromatic carbocycles. The van der Waals surface area contributed by atoms with Crippen molar-refractivity contribution in [3.05, 3.63) is 24.3 Å². The van der Waals surface area contributed by atoms with Gasteiger partial charge in [-0.1, -0.05) is 19.4 Å². The molecule has 1 aliphatic heterocycles. The topological polar surface area (TPSA) is 87.3 Å². The molecular formula is C15H24ClN3O3S. The molecule has 1 saturated heterocycles. The molecule has 3 N–H and O–H groups in total. The second kappa shape index (κ2) is 9.22. The monoisotopic (exact) mass is 361 g/mol. The molecular weight excluding hydrogens is 338 g/mol. The van der Waals surface area contributed by atoms with Crippen LogP contribution >= 0.6 is 12.4 Å². The highest BCUT2D eigenvalue weighted by Gasteiger charge is 2.22. The highest BCUT2D eigenvalue weighted by atomic mass is 35.5. The van der Waals surface area contributed by atoms with Crippen molar-refractivity contribution in [2.45, 2.75) is 31.1 Å². The van der Waals surface area contributed by atoms with Crippen molar-refractivity contribution in [3.63, 3.8) is 0 Å². The van der Waals surface area contributed by atoms with Gasteiger partial charge < -0.3 is 10.6 Å². The summed E-state index contributed by atoms with van der Waals surface area (Å²) in [4.78, 5) is 12.2. The Morgan fingerprint density at radius 1 is 1.39 bits per heavy atom. The van der Waals surface area contributed by atoms with E-state index in [4.69, 9.17) is 0 Å². The van der Waals surface area contributed by atoms with Gasteiger partial charge in [0.15, 0.2) is 0 Å². The first-order valence-corrected chi connectivity index (χ1v) is 9.12. The third-order valence-corrected chi connectivity index (χ3v) is 5.12.